The van der Waals surface area contributed by atoms with E-state index in [9.17, 15) is 9.59 Å². The maximum absolute atomic E-state index is 11.3. The molecule has 3 N–H and O–H groups in total. The monoisotopic (exact) mass is 183 g/mol. The van der Waals surface area contributed by atoms with Gasteiger partial charge in [0.15, 0.2) is 0 Å². The molecule has 1 rings (SSSR count). The molecule has 0 bridgehead atoms. The molecule has 0 aliphatic carbocycles. The topological polar surface area (TPSA) is 80.9 Å². The first-order valence-corrected chi connectivity index (χ1v) is 4.10. The van der Waals surface area contributed by atoms with Crippen LogP contribution in [0, 0.1) is 5.92 Å². The first kappa shape index (κ1) is 9.57. The summed E-state index contributed by atoms with van der Waals surface area (Å²) in [4.78, 5) is 24.9. The standard InChI is InChI=1S/C8H13N3O2/c1-5(2)4-11-7(12)3-6(9)10-8(11)13/h3,5H,4,9H2,1-2H3,(H,10,13). The largest absolute Gasteiger partial charge is 0.385 e. The molecular weight excluding hydrogens is 170 g/mol. The smallest absolute Gasteiger partial charge is 0.329 e. The second-order valence-electron chi connectivity index (χ2n) is 3.37. The van der Waals surface area contributed by atoms with Crippen LogP contribution < -0.4 is 17.0 Å². The molecule has 0 saturated heterocycles. The van der Waals surface area contributed by atoms with E-state index >= 15 is 0 Å². The highest BCUT2D eigenvalue weighted by molar-refractivity contribution is 5.23. The van der Waals surface area contributed by atoms with Gasteiger partial charge in [0.25, 0.3) is 5.56 Å². The van der Waals surface area contributed by atoms with E-state index in [2.05, 4.69) is 4.98 Å². The molecule has 5 nitrogen and oxygen atoms in total. The Hall–Kier alpha value is -1.52. The van der Waals surface area contributed by atoms with Crippen LogP contribution in [-0.4, -0.2) is 9.55 Å². The van der Waals surface area contributed by atoms with Gasteiger partial charge in [0.2, 0.25) is 0 Å². The Bertz CT molecular complexity index is 371. The summed E-state index contributed by atoms with van der Waals surface area (Å²) in [7, 11) is 0. The van der Waals surface area contributed by atoms with Crippen molar-refractivity contribution < 1.29 is 0 Å². The number of rotatable bonds is 2. The first-order valence-electron chi connectivity index (χ1n) is 4.10. The SMILES string of the molecule is CC(C)Cn1c(=O)cc(N)[nH]c1=O. The van der Waals surface area contributed by atoms with Crippen LogP contribution in [0.3, 0.4) is 0 Å². The van der Waals surface area contributed by atoms with Gasteiger partial charge in [-0.05, 0) is 5.92 Å². The molecule has 1 aromatic rings. The molecule has 0 aliphatic heterocycles. The van der Waals surface area contributed by atoms with Crippen LogP contribution in [0.25, 0.3) is 0 Å². The van der Waals surface area contributed by atoms with E-state index in [1.54, 1.807) is 0 Å². The number of H-pyrrole nitrogens is 1. The van der Waals surface area contributed by atoms with Crippen LogP contribution in [0.4, 0.5) is 5.82 Å². The van der Waals surface area contributed by atoms with Crippen LogP contribution in [0.5, 0.6) is 0 Å². The fourth-order valence-corrected chi connectivity index (χ4v) is 1.08. The number of aromatic nitrogens is 2. The zero-order valence-electron chi connectivity index (χ0n) is 7.70. The highest BCUT2D eigenvalue weighted by atomic mass is 16.2. The summed E-state index contributed by atoms with van der Waals surface area (Å²) in [5.41, 5.74) is 4.49. The van der Waals surface area contributed by atoms with E-state index < -0.39 is 5.69 Å². The number of aromatic amines is 1. The van der Waals surface area contributed by atoms with Gasteiger partial charge in [-0.3, -0.25) is 14.3 Å². The van der Waals surface area contributed by atoms with Gasteiger partial charge in [0.1, 0.15) is 5.82 Å². The summed E-state index contributed by atoms with van der Waals surface area (Å²) in [5.74, 6) is 0.359. The number of nitrogens with one attached hydrogen (secondary N) is 1. The third-order valence-corrected chi connectivity index (χ3v) is 1.59. The third kappa shape index (κ3) is 2.21. The summed E-state index contributed by atoms with van der Waals surface area (Å²) >= 11 is 0. The number of hydrogen-bond acceptors (Lipinski definition) is 3. The second-order valence-corrected chi connectivity index (χ2v) is 3.37. The van der Waals surface area contributed by atoms with Gasteiger partial charge < -0.3 is 5.73 Å². The van der Waals surface area contributed by atoms with E-state index in [1.807, 2.05) is 13.8 Å². The highest BCUT2D eigenvalue weighted by Gasteiger charge is 2.03. The van der Waals surface area contributed by atoms with E-state index in [0.717, 1.165) is 4.57 Å². The first-order chi connectivity index (χ1) is 6.00. The van der Waals surface area contributed by atoms with Crippen molar-refractivity contribution in [3.63, 3.8) is 0 Å². The molecule has 13 heavy (non-hydrogen) atoms. The van der Waals surface area contributed by atoms with Crippen molar-refractivity contribution >= 4 is 5.82 Å². The van der Waals surface area contributed by atoms with Crippen LogP contribution in [0.1, 0.15) is 13.8 Å². The Labute approximate surface area is 75.2 Å². The van der Waals surface area contributed by atoms with Crippen molar-refractivity contribution in [2.75, 3.05) is 5.73 Å². The molecule has 0 aliphatic rings. The third-order valence-electron chi connectivity index (χ3n) is 1.59. The predicted molar refractivity (Wildman–Crippen MR) is 50.6 cm³/mol. The van der Waals surface area contributed by atoms with Gasteiger partial charge >= 0.3 is 5.69 Å². The fourth-order valence-electron chi connectivity index (χ4n) is 1.08. The molecule has 1 aromatic heterocycles. The average Bonchev–Trinajstić information content (AvgIpc) is 1.96. The number of nitrogens with two attached hydrogens (primary N) is 1. The number of anilines is 1. The van der Waals surface area contributed by atoms with Gasteiger partial charge in [-0.25, -0.2) is 4.79 Å². The maximum Gasteiger partial charge on any atom is 0.329 e. The van der Waals surface area contributed by atoms with Crippen LogP contribution >= 0.6 is 0 Å². The lowest BCUT2D eigenvalue weighted by molar-refractivity contribution is 0.493. The van der Waals surface area contributed by atoms with Gasteiger partial charge in [0.05, 0.1) is 0 Å². The number of hydrogen-bond donors (Lipinski definition) is 2. The molecule has 0 fully saturated rings. The van der Waals surface area contributed by atoms with Gasteiger partial charge in [-0.2, -0.15) is 0 Å². The summed E-state index contributed by atoms with van der Waals surface area (Å²) < 4.78 is 1.14. The normalized spacial score (nSPS) is 10.7. The quantitative estimate of drug-likeness (QED) is 0.664. The maximum atomic E-state index is 11.3. The molecular formula is C8H13N3O2. The van der Waals surface area contributed by atoms with E-state index in [-0.39, 0.29) is 17.3 Å². The number of nitrogen functional groups attached to an aromatic ring is 1. The zero-order chi connectivity index (χ0) is 10.0. The molecule has 0 amide bonds. The molecule has 1 heterocycles. The van der Waals surface area contributed by atoms with Gasteiger partial charge in [-0.1, -0.05) is 13.8 Å². The van der Waals surface area contributed by atoms with Crippen molar-refractivity contribution in [1.82, 2.24) is 9.55 Å². The molecule has 72 valence electrons. The molecule has 0 radical (unpaired) electrons. The van der Waals surface area contributed by atoms with E-state index in [1.165, 1.54) is 6.07 Å². The van der Waals surface area contributed by atoms with Crippen molar-refractivity contribution in [3.05, 3.63) is 26.9 Å². The van der Waals surface area contributed by atoms with Gasteiger partial charge in [0, 0.05) is 12.6 Å². The Morgan fingerprint density at radius 1 is 1.54 bits per heavy atom. The second kappa shape index (κ2) is 3.47. The Balaban J connectivity index is 3.22. The highest BCUT2D eigenvalue weighted by Crippen LogP contribution is 1.93. The lowest BCUT2D eigenvalue weighted by atomic mass is 10.2. The van der Waals surface area contributed by atoms with Crippen molar-refractivity contribution in [2.24, 2.45) is 5.92 Å². The minimum Gasteiger partial charge on any atom is -0.385 e. The minimum atomic E-state index is -0.446. The Morgan fingerprint density at radius 3 is 2.62 bits per heavy atom. The lowest BCUT2D eigenvalue weighted by Crippen LogP contribution is -2.36. The summed E-state index contributed by atoms with van der Waals surface area (Å²) in [6.07, 6.45) is 0. The zero-order valence-corrected chi connectivity index (χ0v) is 7.70. The lowest BCUT2D eigenvalue weighted by Gasteiger charge is -2.06. The fraction of sp³-hybridized carbons (Fsp3) is 0.500. The average molecular weight is 183 g/mol. The summed E-state index contributed by atoms with van der Waals surface area (Å²) in [6, 6.07) is 1.21. The molecule has 0 aromatic carbocycles. The van der Waals surface area contributed by atoms with Gasteiger partial charge in [-0.15, -0.1) is 0 Å². The molecule has 0 saturated carbocycles. The van der Waals surface area contributed by atoms with E-state index in [4.69, 9.17) is 5.73 Å². The predicted octanol–water partition coefficient (Wildman–Crippen LogP) is -0.225. The molecule has 0 atom stereocenters. The van der Waals surface area contributed by atoms with Crippen LogP contribution in [0.2, 0.25) is 0 Å². The summed E-state index contributed by atoms with van der Waals surface area (Å²) in [6.45, 7) is 4.28. The molecule has 0 spiro atoms. The van der Waals surface area contributed by atoms with Crippen LogP contribution in [-0.2, 0) is 6.54 Å². The molecule has 0 unspecified atom stereocenters. The van der Waals surface area contributed by atoms with Crippen molar-refractivity contribution in [3.8, 4) is 0 Å². The van der Waals surface area contributed by atoms with Crippen molar-refractivity contribution in [1.29, 1.82) is 0 Å². The minimum absolute atomic E-state index is 0.106. The van der Waals surface area contributed by atoms with Crippen LogP contribution in [0.15, 0.2) is 15.7 Å². The Kier molecular flexibility index (Phi) is 2.55. The van der Waals surface area contributed by atoms with E-state index in [0.29, 0.717) is 6.54 Å². The Morgan fingerprint density at radius 2 is 2.15 bits per heavy atom. The number of nitrogens with zero attached hydrogens (tertiary/aromatic N) is 1. The van der Waals surface area contributed by atoms with Crippen molar-refractivity contribution in [2.45, 2.75) is 20.4 Å². The molecule has 5 heteroatoms. The summed E-state index contributed by atoms with van der Waals surface area (Å²) in [5, 5.41) is 0.